The Hall–Kier alpha value is -3.19. The van der Waals surface area contributed by atoms with Crippen LogP contribution in [0, 0.1) is 35.5 Å². The van der Waals surface area contributed by atoms with E-state index in [0.717, 1.165) is 18.4 Å². The number of aliphatic hydroxyl groups is 2. The fourth-order valence-corrected chi connectivity index (χ4v) is 12.0. The first kappa shape index (κ1) is 64.3. The molecule has 1 saturated carbocycles. The van der Waals surface area contributed by atoms with Gasteiger partial charge in [-0.25, -0.2) is 4.79 Å². The Morgan fingerprint density at radius 2 is 1.55 bits per heavy atom. The summed E-state index contributed by atoms with van der Waals surface area (Å²) in [5.41, 5.74) is 1.28. The fraction of sp³-hybridized carbons (Fsp3) is 0.780. The highest BCUT2D eigenvalue weighted by Gasteiger charge is 2.53. The van der Waals surface area contributed by atoms with Crippen molar-refractivity contribution in [3.05, 3.63) is 47.6 Å². The summed E-state index contributed by atoms with van der Waals surface area (Å²) in [7, 11) is 2.73. The number of carbonyl (C=O) groups excluding carboxylic acids is 5. The maximum absolute atomic E-state index is 14.6. The topological polar surface area (TPSA) is 194 Å². The summed E-state index contributed by atoms with van der Waals surface area (Å²) in [6.07, 6.45) is 12.4. The van der Waals surface area contributed by atoms with E-state index >= 15 is 0 Å². The van der Waals surface area contributed by atoms with E-state index in [1.54, 1.807) is 41.1 Å². The minimum absolute atomic E-state index is 0.0168. The number of ketones is 3. The first-order valence-electron chi connectivity index (χ1n) is 27.9. The van der Waals surface area contributed by atoms with E-state index in [-0.39, 0.29) is 66.0 Å². The number of carbonyl (C=O) groups is 5. The minimum Gasteiger partial charge on any atom is -0.460 e. The maximum atomic E-state index is 14.6. The summed E-state index contributed by atoms with van der Waals surface area (Å²) in [6, 6.07) is -1.14. The molecule has 1 amide bonds. The SMILES string of the molecule is CO[C@H]1C[C@@H]2CC[C@@H](C)[C@@](O)(O2)C(=O)C(=O)N2CCCC[C@H]2C(=O)O[C@H]([C@H](C)C[C@@H]2CC[C@@H](OCCO[Si](C)(C)C(C)(C)C)[C@H](OC)C2)CC(=O)[C@H](C)/C=C(\C)[C@@H](O)[C@@H](OC)C(=O)[C@H](C)C[C@H](C)\C=C/C=C/C=C/1C. The molecular formula is C59H97NO14Si. The molecule has 75 heavy (non-hydrogen) atoms. The zero-order valence-electron chi connectivity index (χ0n) is 48.4. The number of methoxy groups -OCH3 is 3. The molecular weight excluding hydrogens is 975 g/mol. The molecule has 2 N–H and O–H groups in total. The standard InChI is InChI=1S/C59H97NO14Si/c1-37-21-17-16-18-22-38(2)49(68-11)35-45-26-24-43(7)59(67,74-45)55(64)56(65)60-28-20-19-23-46(60)57(66)73-50(36-47(61)39(3)32-42(6)53(63)54(70-13)52(62)41(5)31-37)40(4)33-44-25-27-48(51(34-44)69-12)71-29-30-72-75(14,15)58(8,9)10/h16-18,21-22,32,37,39-41,43-46,48-51,53-54,63,67H,19-20,23-31,33-36H2,1-15H3/b18-16+,21-17-,38-22+,42-32+/t37-,39-,40-,41-,43-,44+,45+,46+,48-,49+,50+,51-,53-,54+,59-/m1/s1. The average molecular weight is 1070 g/mol. The highest BCUT2D eigenvalue weighted by molar-refractivity contribution is 6.74. The Morgan fingerprint density at radius 1 is 0.840 bits per heavy atom. The van der Waals surface area contributed by atoms with Gasteiger partial charge in [-0.3, -0.25) is 19.2 Å². The number of fused-ring (bicyclic) bond motifs is 3. The van der Waals surface area contributed by atoms with Gasteiger partial charge in [0, 0.05) is 58.5 Å². The van der Waals surface area contributed by atoms with Crippen LogP contribution in [0.5, 0.6) is 0 Å². The van der Waals surface area contributed by atoms with Crippen LogP contribution in [-0.2, 0) is 56.8 Å². The molecule has 3 heterocycles. The normalized spacial score (nSPS) is 37.1. The number of ether oxygens (including phenoxy) is 6. The second-order valence-electron chi connectivity index (χ2n) is 24.0. The van der Waals surface area contributed by atoms with Gasteiger partial charge in [-0.2, -0.15) is 0 Å². The summed E-state index contributed by atoms with van der Waals surface area (Å²) in [5.74, 6) is -7.87. The summed E-state index contributed by atoms with van der Waals surface area (Å²) in [4.78, 5) is 72.7. The maximum Gasteiger partial charge on any atom is 0.329 e. The molecule has 0 aromatic rings. The molecule has 426 valence electrons. The molecule has 16 heteroatoms. The molecule has 2 bridgehead atoms. The monoisotopic (exact) mass is 1070 g/mol. The lowest BCUT2D eigenvalue weighted by Gasteiger charge is -2.42. The molecule has 0 aromatic heterocycles. The summed E-state index contributed by atoms with van der Waals surface area (Å²) in [6.45, 7) is 24.9. The Morgan fingerprint density at radius 3 is 2.20 bits per heavy atom. The minimum atomic E-state index is -2.43. The molecule has 1 aliphatic carbocycles. The number of nitrogens with zero attached hydrogens (tertiary/aromatic N) is 1. The summed E-state index contributed by atoms with van der Waals surface area (Å²) >= 11 is 0. The van der Waals surface area contributed by atoms with Crippen LogP contribution in [0.2, 0.25) is 18.1 Å². The number of aliphatic hydroxyl groups excluding tert-OH is 1. The Bertz CT molecular complexity index is 2030. The third kappa shape index (κ3) is 17.7. The number of esters is 1. The van der Waals surface area contributed by atoms with Crippen molar-refractivity contribution in [2.24, 2.45) is 35.5 Å². The van der Waals surface area contributed by atoms with Gasteiger partial charge in [-0.15, -0.1) is 0 Å². The highest BCUT2D eigenvalue weighted by atomic mass is 28.4. The van der Waals surface area contributed by atoms with Crippen molar-refractivity contribution in [3.63, 3.8) is 0 Å². The molecule has 4 aliphatic rings. The Balaban J connectivity index is 1.65. The van der Waals surface area contributed by atoms with E-state index in [1.807, 2.05) is 58.1 Å². The second-order valence-corrected chi connectivity index (χ2v) is 28.9. The van der Waals surface area contributed by atoms with Crippen molar-refractivity contribution >= 4 is 37.5 Å². The van der Waals surface area contributed by atoms with Crippen LogP contribution in [0.4, 0.5) is 0 Å². The number of cyclic esters (lactones) is 1. The molecule has 4 rings (SSSR count). The smallest absolute Gasteiger partial charge is 0.329 e. The number of piperidine rings is 1. The van der Waals surface area contributed by atoms with Crippen LogP contribution in [0.15, 0.2) is 47.6 Å². The van der Waals surface area contributed by atoms with Crippen LogP contribution >= 0.6 is 0 Å². The first-order valence-corrected chi connectivity index (χ1v) is 30.8. The van der Waals surface area contributed by atoms with Gasteiger partial charge in [-0.05, 0) is 125 Å². The van der Waals surface area contributed by atoms with Crippen molar-refractivity contribution in [2.75, 3.05) is 41.1 Å². The molecule has 0 radical (unpaired) electrons. The predicted molar refractivity (Wildman–Crippen MR) is 292 cm³/mol. The van der Waals surface area contributed by atoms with Gasteiger partial charge in [0.15, 0.2) is 14.1 Å². The number of rotatable bonds is 11. The molecule has 15 nitrogen and oxygen atoms in total. The molecule has 3 aliphatic heterocycles. The molecule has 3 fully saturated rings. The van der Waals surface area contributed by atoms with Crippen LogP contribution in [0.25, 0.3) is 0 Å². The number of Topliss-reactive ketones (excluding diaryl/α,β-unsaturated/α-hetero) is 3. The van der Waals surface area contributed by atoms with Gasteiger partial charge >= 0.3 is 5.97 Å². The zero-order valence-corrected chi connectivity index (χ0v) is 49.4. The molecule has 15 atom stereocenters. The Labute approximate surface area is 451 Å². The largest absolute Gasteiger partial charge is 0.460 e. The van der Waals surface area contributed by atoms with Gasteiger partial charge in [-0.1, -0.05) is 91.8 Å². The predicted octanol–water partition coefficient (Wildman–Crippen LogP) is 9.23. The molecule has 2 saturated heterocycles. The van der Waals surface area contributed by atoms with E-state index in [4.69, 9.17) is 32.8 Å². The van der Waals surface area contributed by atoms with E-state index in [2.05, 4.69) is 33.9 Å². The van der Waals surface area contributed by atoms with Gasteiger partial charge < -0.3 is 48.0 Å². The highest BCUT2D eigenvalue weighted by Crippen LogP contribution is 2.39. The number of hydrogen-bond donors (Lipinski definition) is 2. The second kappa shape index (κ2) is 29.1. The van der Waals surface area contributed by atoms with E-state index in [9.17, 15) is 34.2 Å². The van der Waals surface area contributed by atoms with Crippen LogP contribution < -0.4 is 0 Å². The Kier molecular flexibility index (Phi) is 25.0. The lowest BCUT2D eigenvalue weighted by Crippen LogP contribution is -2.61. The van der Waals surface area contributed by atoms with Crippen LogP contribution in [0.1, 0.15) is 146 Å². The number of amides is 1. The molecule has 0 unspecified atom stereocenters. The van der Waals surface area contributed by atoms with Gasteiger partial charge in [0.05, 0.1) is 37.6 Å². The molecule has 0 spiro atoms. The quantitative estimate of drug-likeness (QED) is 0.0654. The first-order chi connectivity index (χ1) is 35.2. The van der Waals surface area contributed by atoms with Crippen LogP contribution in [-0.4, -0.2) is 148 Å². The average Bonchev–Trinajstić information content (AvgIpc) is 3.36. The zero-order chi connectivity index (χ0) is 56.0. The lowest BCUT2D eigenvalue weighted by atomic mass is 9.78. The lowest BCUT2D eigenvalue weighted by molar-refractivity contribution is -0.265. The van der Waals surface area contributed by atoms with Crippen LogP contribution in [0.3, 0.4) is 0 Å². The summed E-state index contributed by atoms with van der Waals surface area (Å²) < 4.78 is 42.8. The number of allylic oxidation sites excluding steroid dienone is 6. The van der Waals surface area contributed by atoms with Gasteiger partial charge in [0.1, 0.15) is 30.1 Å². The third-order valence-electron chi connectivity index (χ3n) is 17.1. The fourth-order valence-electron chi connectivity index (χ4n) is 11.0. The van der Waals surface area contributed by atoms with Crippen molar-refractivity contribution in [3.8, 4) is 0 Å². The van der Waals surface area contributed by atoms with E-state index < -0.39 is 86.1 Å². The summed E-state index contributed by atoms with van der Waals surface area (Å²) in [5, 5.41) is 23.7. The van der Waals surface area contributed by atoms with E-state index in [1.165, 1.54) is 12.0 Å². The van der Waals surface area contributed by atoms with Crippen molar-refractivity contribution in [2.45, 2.75) is 219 Å². The van der Waals surface area contributed by atoms with Crippen molar-refractivity contribution in [1.82, 2.24) is 4.90 Å². The third-order valence-corrected chi connectivity index (χ3v) is 21.7. The van der Waals surface area contributed by atoms with Crippen molar-refractivity contribution in [1.29, 1.82) is 0 Å². The van der Waals surface area contributed by atoms with Gasteiger partial charge in [0.25, 0.3) is 11.7 Å². The van der Waals surface area contributed by atoms with E-state index in [0.29, 0.717) is 70.2 Å². The molecule has 0 aromatic carbocycles. The van der Waals surface area contributed by atoms with Crippen molar-refractivity contribution < 1.29 is 67.0 Å². The van der Waals surface area contributed by atoms with Gasteiger partial charge in [0.2, 0.25) is 5.79 Å². The number of hydrogen-bond acceptors (Lipinski definition) is 14.